The maximum atomic E-state index is 12.6. The fourth-order valence-corrected chi connectivity index (χ4v) is 4.45. The number of hydrogen-bond acceptors (Lipinski definition) is 4. The van der Waals surface area contributed by atoms with Gasteiger partial charge >= 0.3 is 0 Å². The summed E-state index contributed by atoms with van der Waals surface area (Å²) in [6, 6.07) is 3.94. The highest BCUT2D eigenvalue weighted by Crippen LogP contribution is 2.40. The molecule has 3 fully saturated rings. The Morgan fingerprint density at radius 3 is 2.68 bits per heavy atom. The minimum Gasteiger partial charge on any atom is -0.381 e. The third-order valence-corrected chi connectivity index (χ3v) is 6.05. The SMILES string of the molecule is O=C([C@@H]1CCOC1)N1CCC2(CCC(=O)N2Cc2ccncc2)CC1. The van der Waals surface area contributed by atoms with Gasteiger partial charge in [-0.3, -0.25) is 14.6 Å². The van der Waals surface area contributed by atoms with Crippen LogP contribution in [-0.2, 0) is 20.9 Å². The first-order chi connectivity index (χ1) is 12.2. The molecule has 6 heteroatoms. The van der Waals surface area contributed by atoms with E-state index >= 15 is 0 Å². The molecule has 1 aromatic rings. The van der Waals surface area contributed by atoms with Crippen molar-refractivity contribution in [3.63, 3.8) is 0 Å². The molecule has 0 aromatic carbocycles. The van der Waals surface area contributed by atoms with Gasteiger partial charge in [0.2, 0.25) is 11.8 Å². The van der Waals surface area contributed by atoms with E-state index in [0.717, 1.165) is 44.3 Å². The van der Waals surface area contributed by atoms with Gasteiger partial charge in [0.1, 0.15) is 0 Å². The van der Waals surface area contributed by atoms with Gasteiger partial charge in [-0.05, 0) is 43.4 Å². The molecule has 1 atom stereocenters. The Hall–Kier alpha value is -1.95. The molecule has 134 valence electrons. The molecule has 3 aliphatic heterocycles. The highest BCUT2D eigenvalue weighted by atomic mass is 16.5. The average Bonchev–Trinajstić information content (AvgIpc) is 3.28. The van der Waals surface area contributed by atoms with Gasteiger partial charge in [-0.25, -0.2) is 0 Å². The summed E-state index contributed by atoms with van der Waals surface area (Å²) in [5, 5.41) is 0. The minimum atomic E-state index is -0.0801. The summed E-state index contributed by atoms with van der Waals surface area (Å²) in [6.45, 7) is 3.40. The number of likely N-dealkylation sites (tertiary alicyclic amines) is 2. The third-order valence-electron chi connectivity index (χ3n) is 6.05. The first kappa shape index (κ1) is 16.5. The van der Waals surface area contributed by atoms with Crippen molar-refractivity contribution in [2.24, 2.45) is 5.92 Å². The van der Waals surface area contributed by atoms with Crippen LogP contribution in [0.2, 0.25) is 0 Å². The molecule has 4 rings (SSSR count). The number of rotatable bonds is 3. The van der Waals surface area contributed by atoms with Gasteiger partial charge in [0.25, 0.3) is 0 Å². The maximum Gasteiger partial charge on any atom is 0.228 e. The van der Waals surface area contributed by atoms with E-state index in [1.54, 1.807) is 12.4 Å². The molecule has 3 saturated heterocycles. The minimum absolute atomic E-state index is 0.0344. The molecule has 0 bridgehead atoms. The van der Waals surface area contributed by atoms with Gasteiger partial charge in [-0.1, -0.05) is 0 Å². The van der Waals surface area contributed by atoms with Crippen molar-refractivity contribution >= 4 is 11.8 Å². The van der Waals surface area contributed by atoms with Crippen molar-refractivity contribution < 1.29 is 14.3 Å². The van der Waals surface area contributed by atoms with Crippen LogP contribution in [0.15, 0.2) is 24.5 Å². The van der Waals surface area contributed by atoms with Gasteiger partial charge < -0.3 is 14.5 Å². The second-order valence-electron chi connectivity index (χ2n) is 7.45. The number of carbonyl (C=O) groups is 2. The molecule has 6 nitrogen and oxygen atoms in total. The van der Waals surface area contributed by atoms with E-state index in [0.29, 0.717) is 26.2 Å². The van der Waals surface area contributed by atoms with Gasteiger partial charge in [-0.2, -0.15) is 0 Å². The van der Waals surface area contributed by atoms with Gasteiger partial charge in [-0.15, -0.1) is 0 Å². The lowest BCUT2D eigenvalue weighted by molar-refractivity contribution is -0.140. The van der Waals surface area contributed by atoms with E-state index in [1.165, 1.54) is 0 Å². The molecule has 0 N–H and O–H groups in total. The highest BCUT2D eigenvalue weighted by molar-refractivity contribution is 5.81. The van der Waals surface area contributed by atoms with Crippen molar-refractivity contribution in [1.82, 2.24) is 14.8 Å². The summed E-state index contributed by atoms with van der Waals surface area (Å²) in [4.78, 5) is 33.2. The molecular weight excluding hydrogens is 318 g/mol. The van der Waals surface area contributed by atoms with Crippen molar-refractivity contribution in [3.8, 4) is 0 Å². The lowest BCUT2D eigenvalue weighted by Crippen LogP contribution is -2.54. The number of piperidine rings is 1. The number of ether oxygens (including phenoxy) is 1. The van der Waals surface area contributed by atoms with Gasteiger partial charge in [0.15, 0.2) is 0 Å². The zero-order valence-electron chi connectivity index (χ0n) is 14.5. The smallest absolute Gasteiger partial charge is 0.228 e. The van der Waals surface area contributed by atoms with Gasteiger partial charge in [0, 0.05) is 50.6 Å². The zero-order valence-corrected chi connectivity index (χ0v) is 14.5. The number of carbonyl (C=O) groups excluding carboxylic acids is 2. The van der Waals surface area contributed by atoms with Gasteiger partial charge in [0.05, 0.1) is 12.5 Å². The summed E-state index contributed by atoms with van der Waals surface area (Å²) in [6.07, 6.45) is 7.67. The number of amides is 2. The lowest BCUT2D eigenvalue weighted by Gasteiger charge is -2.45. The van der Waals surface area contributed by atoms with E-state index < -0.39 is 0 Å². The molecule has 1 spiro atoms. The molecule has 4 heterocycles. The zero-order chi connectivity index (χ0) is 17.3. The van der Waals surface area contributed by atoms with Crippen LogP contribution in [0.3, 0.4) is 0 Å². The fourth-order valence-electron chi connectivity index (χ4n) is 4.45. The second kappa shape index (κ2) is 6.75. The van der Waals surface area contributed by atoms with Crippen molar-refractivity contribution in [3.05, 3.63) is 30.1 Å². The van der Waals surface area contributed by atoms with Crippen molar-refractivity contribution in [2.75, 3.05) is 26.3 Å². The van der Waals surface area contributed by atoms with Crippen LogP contribution in [0.5, 0.6) is 0 Å². The summed E-state index contributed by atoms with van der Waals surface area (Å²) < 4.78 is 5.35. The van der Waals surface area contributed by atoms with E-state index in [4.69, 9.17) is 4.74 Å². The molecule has 0 aliphatic carbocycles. The Morgan fingerprint density at radius 2 is 2.00 bits per heavy atom. The Kier molecular flexibility index (Phi) is 4.46. The molecule has 0 radical (unpaired) electrons. The van der Waals surface area contributed by atoms with Crippen LogP contribution < -0.4 is 0 Å². The van der Waals surface area contributed by atoms with Crippen LogP contribution in [-0.4, -0.2) is 58.4 Å². The number of aromatic nitrogens is 1. The quantitative estimate of drug-likeness (QED) is 0.836. The van der Waals surface area contributed by atoms with Crippen LogP contribution in [0.25, 0.3) is 0 Å². The first-order valence-corrected chi connectivity index (χ1v) is 9.24. The molecule has 0 saturated carbocycles. The summed E-state index contributed by atoms with van der Waals surface area (Å²) in [5.41, 5.74) is 1.04. The Morgan fingerprint density at radius 1 is 1.24 bits per heavy atom. The van der Waals surface area contributed by atoms with E-state index in [1.807, 2.05) is 17.0 Å². The number of nitrogens with zero attached hydrogens (tertiary/aromatic N) is 3. The number of pyridine rings is 1. The highest BCUT2D eigenvalue weighted by Gasteiger charge is 2.47. The molecule has 3 aliphatic rings. The third kappa shape index (κ3) is 3.15. The summed E-state index contributed by atoms with van der Waals surface area (Å²) >= 11 is 0. The van der Waals surface area contributed by atoms with Crippen LogP contribution in [0, 0.1) is 5.92 Å². The Balaban J connectivity index is 1.43. The standard InChI is InChI=1S/C19H25N3O3/c23-17-1-5-19(22(17)13-15-2-8-20-9-3-15)6-10-21(11-7-19)18(24)16-4-12-25-14-16/h2-3,8-9,16H,1,4-7,10-14H2/t16-/m1/s1. The molecule has 25 heavy (non-hydrogen) atoms. The molecule has 1 aromatic heterocycles. The van der Waals surface area contributed by atoms with Crippen molar-refractivity contribution in [1.29, 1.82) is 0 Å². The largest absolute Gasteiger partial charge is 0.381 e. The lowest BCUT2D eigenvalue weighted by atomic mass is 9.84. The summed E-state index contributed by atoms with van der Waals surface area (Å²) in [7, 11) is 0. The van der Waals surface area contributed by atoms with Crippen LogP contribution in [0.1, 0.15) is 37.7 Å². The fraction of sp³-hybridized carbons (Fsp3) is 0.632. The van der Waals surface area contributed by atoms with Crippen LogP contribution in [0.4, 0.5) is 0 Å². The van der Waals surface area contributed by atoms with E-state index in [9.17, 15) is 9.59 Å². The Labute approximate surface area is 148 Å². The second-order valence-corrected chi connectivity index (χ2v) is 7.45. The predicted octanol–water partition coefficient (Wildman–Crippen LogP) is 1.60. The predicted molar refractivity (Wildman–Crippen MR) is 91.5 cm³/mol. The first-order valence-electron chi connectivity index (χ1n) is 9.24. The van der Waals surface area contributed by atoms with E-state index in [-0.39, 0.29) is 23.3 Å². The molecule has 2 amide bonds. The average molecular weight is 343 g/mol. The normalized spacial score (nSPS) is 25.8. The van der Waals surface area contributed by atoms with Crippen LogP contribution >= 0.6 is 0 Å². The van der Waals surface area contributed by atoms with Crippen molar-refractivity contribution in [2.45, 2.75) is 44.2 Å². The topological polar surface area (TPSA) is 62.7 Å². The van der Waals surface area contributed by atoms with E-state index in [2.05, 4.69) is 9.88 Å². The molecular formula is C19H25N3O3. The molecule has 0 unspecified atom stereocenters. The summed E-state index contributed by atoms with van der Waals surface area (Å²) in [5.74, 6) is 0.505. The Bertz CT molecular complexity index is 635. The number of hydrogen-bond donors (Lipinski definition) is 0. The maximum absolute atomic E-state index is 12.6. The monoisotopic (exact) mass is 343 g/mol.